The van der Waals surface area contributed by atoms with Gasteiger partial charge >= 0.3 is 0 Å². The van der Waals surface area contributed by atoms with E-state index in [1.54, 1.807) is 35.9 Å². The number of benzene rings is 2. The van der Waals surface area contributed by atoms with Crippen LogP contribution in [0.15, 0.2) is 65.6 Å². The van der Waals surface area contributed by atoms with Gasteiger partial charge in [0.25, 0.3) is 5.56 Å². The number of methoxy groups -OCH3 is 1. The van der Waals surface area contributed by atoms with Crippen molar-refractivity contribution in [3.05, 3.63) is 82.5 Å². The number of carbonyl (C=O) groups excluding carboxylic acids is 1. The summed E-state index contributed by atoms with van der Waals surface area (Å²) >= 11 is 0. The van der Waals surface area contributed by atoms with Gasteiger partial charge < -0.3 is 14.5 Å². The molecule has 1 amide bonds. The lowest BCUT2D eigenvalue weighted by atomic mass is 10.2. The van der Waals surface area contributed by atoms with Gasteiger partial charge in [0.05, 0.1) is 18.1 Å². The topological polar surface area (TPSA) is 64.7 Å². The summed E-state index contributed by atoms with van der Waals surface area (Å²) in [4.78, 5) is 25.3. The molecule has 7 heteroatoms. The lowest BCUT2D eigenvalue weighted by Gasteiger charge is -2.13. The van der Waals surface area contributed by atoms with E-state index >= 15 is 0 Å². The Balaban J connectivity index is 1.64. The van der Waals surface area contributed by atoms with E-state index in [0.717, 1.165) is 5.56 Å². The summed E-state index contributed by atoms with van der Waals surface area (Å²) < 4.78 is 22.0. The number of hydrogen-bond donors (Lipinski definition) is 1. The largest absolute Gasteiger partial charge is 0.497 e. The number of amides is 1. The van der Waals surface area contributed by atoms with Crippen molar-refractivity contribution in [2.24, 2.45) is 0 Å². The first kappa shape index (κ1) is 17.8. The molecule has 2 heterocycles. The van der Waals surface area contributed by atoms with Gasteiger partial charge in [-0.2, -0.15) is 0 Å². The van der Waals surface area contributed by atoms with Crippen molar-refractivity contribution in [2.75, 3.05) is 7.11 Å². The molecular weight excluding hydrogens is 361 g/mol. The minimum absolute atomic E-state index is 0.204. The van der Waals surface area contributed by atoms with Crippen molar-refractivity contribution in [1.82, 2.24) is 14.3 Å². The third-order valence-electron chi connectivity index (χ3n) is 4.63. The summed E-state index contributed by atoms with van der Waals surface area (Å²) in [7, 11) is 1.58. The maximum atomic E-state index is 13.8. The molecule has 142 valence electrons. The second-order valence-electron chi connectivity index (χ2n) is 6.42. The summed E-state index contributed by atoms with van der Waals surface area (Å²) in [6, 6.07) is 15.0. The zero-order chi connectivity index (χ0) is 19.7. The van der Waals surface area contributed by atoms with Crippen molar-refractivity contribution in [2.45, 2.75) is 13.1 Å². The predicted octanol–water partition coefficient (Wildman–Crippen LogP) is 2.72. The smallest absolute Gasteiger partial charge is 0.275 e. The molecule has 0 aliphatic carbocycles. The molecule has 0 saturated carbocycles. The molecule has 0 unspecified atom stereocenters. The molecule has 2 aromatic carbocycles. The SMILES string of the molecule is COc1cccc(CNC(=O)Cn2c(=O)c3cccn3c3ccc(F)cc32)c1. The van der Waals surface area contributed by atoms with E-state index in [-0.39, 0.29) is 18.0 Å². The van der Waals surface area contributed by atoms with Crippen LogP contribution >= 0.6 is 0 Å². The fourth-order valence-corrected chi connectivity index (χ4v) is 3.27. The first-order valence-corrected chi connectivity index (χ1v) is 8.75. The number of fused-ring (bicyclic) bond motifs is 3. The van der Waals surface area contributed by atoms with Crippen LogP contribution in [0.5, 0.6) is 5.75 Å². The standard InChI is InChI=1S/C21H18FN3O3/c1-28-16-5-2-4-14(10-16)12-23-20(26)13-25-19-11-15(22)7-8-17(19)24-9-3-6-18(24)21(25)27/h2-11H,12-13H2,1H3,(H,23,26). The average molecular weight is 379 g/mol. The number of nitrogens with zero attached hydrogens (tertiary/aromatic N) is 2. The minimum atomic E-state index is -0.469. The van der Waals surface area contributed by atoms with Gasteiger partial charge in [0.2, 0.25) is 5.91 Å². The molecule has 4 rings (SSSR count). The van der Waals surface area contributed by atoms with E-state index < -0.39 is 5.82 Å². The van der Waals surface area contributed by atoms with Gasteiger partial charge in [-0.25, -0.2) is 4.39 Å². The van der Waals surface area contributed by atoms with Crippen molar-refractivity contribution < 1.29 is 13.9 Å². The molecule has 0 fully saturated rings. The van der Waals surface area contributed by atoms with Gasteiger partial charge in [0.15, 0.2) is 0 Å². The number of halogens is 1. The van der Waals surface area contributed by atoms with Gasteiger partial charge in [-0.1, -0.05) is 12.1 Å². The fourth-order valence-electron chi connectivity index (χ4n) is 3.27. The van der Waals surface area contributed by atoms with Gasteiger partial charge in [-0.3, -0.25) is 14.2 Å². The van der Waals surface area contributed by atoms with Crippen LogP contribution in [0.25, 0.3) is 16.6 Å². The normalized spacial score (nSPS) is 11.1. The quantitative estimate of drug-likeness (QED) is 0.580. The molecule has 1 N–H and O–H groups in total. The number of hydrogen-bond acceptors (Lipinski definition) is 3. The van der Waals surface area contributed by atoms with E-state index in [1.807, 2.05) is 24.3 Å². The van der Waals surface area contributed by atoms with E-state index in [2.05, 4.69) is 5.32 Å². The molecule has 0 aliphatic rings. The number of aromatic nitrogens is 2. The zero-order valence-electron chi connectivity index (χ0n) is 15.2. The summed E-state index contributed by atoms with van der Waals surface area (Å²) in [6.07, 6.45) is 1.74. The number of nitrogens with one attached hydrogen (secondary N) is 1. The molecule has 0 atom stereocenters. The minimum Gasteiger partial charge on any atom is -0.497 e. The Kier molecular flexibility index (Phi) is 4.57. The maximum Gasteiger partial charge on any atom is 0.275 e. The van der Waals surface area contributed by atoms with Gasteiger partial charge in [-0.05, 0) is 48.0 Å². The monoisotopic (exact) mass is 379 g/mol. The molecule has 0 radical (unpaired) electrons. The summed E-state index contributed by atoms with van der Waals surface area (Å²) in [5.74, 6) is -0.113. The van der Waals surface area contributed by atoms with Gasteiger partial charge in [-0.15, -0.1) is 0 Å². The highest BCUT2D eigenvalue weighted by molar-refractivity contribution is 5.82. The molecule has 2 aromatic heterocycles. The van der Waals surface area contributed by atoms with Crippen LogP contribution in [0.2, 0.25) is 0 Å². The molecule has 6 nitrogen and oxygen atoms in total. The fraction of sp³-hybridized carbons (Fsp3) is 0.143. The summed E-state index contributed by atoms with van der Waals surface area (Å²) in [6.45, 7) is 0.0921. The Labute approximate surface area is 159 Å². The molecule has 0 spiro atoms. The van der Waals surface area contributed by atoms with Crippen LogP contribution in [-0.4, -0.2) is 22.0 Å². The molecule has 28 heavy (non-hydrogen) atoms. The molecule has 0 aliphatic heterocycles. The Morgan fingerprint density at radius 2 is 1.93 bits per heavy atom. The Morgan fingerprint density at radius 1 is 1.07 bits per heavy atom. The van der Waals surface area contributed by atoms with Crippen molar-refractivity contribution in [1.29, 1.82) is 0 Å². The maximum absolute atomic E-state index is 13.8. The van der Waals surface area contributed by atoms with Crippen molar-refractivity contribution in [3.8, 4) is 5.75 Å². The first-order valence-electron chi connectivity index (χ1n) is 8.75. The van der Waals surface area contributed by atoms with Crippen molar-refractivity contribution >= 4 is 22.5 Å². The van der Waals surface area contributed by atoms with Crippen LogP contribution in [0.3, 0.4) is 0 Å². The van der Waals surface area contributed by atoms with E-state index in [0.29, 0.717) is 28.8 Å². The zero-order valence-corrected chi connectivity index (χ0v) is 15.2. The average Bonchev–Trinajstić information content (AvgIpc) is 3.20. The lowest BCUT2D eigenvalue weighted by Crippen LogP contribution is -2.33. The van der Waals surface area contributed by atoms with Crippen LogP contribution in [0.1, 0.15) is 5.56 Å². The van der Waals surface area contributed by atoms with Crippen LogP contribution in [0.4, 0.5) is 4.39 Å². The second kappa shape index (κ2) is 7.19. The number of ether oxygens (including phenoxy) is 1. The highest BCUT2D eigenvalue weighted by atomic mass is 19.1. The van der Waals surface area contributed by atoms with Crippen LogP contribution < -0.4 is 15.6 Å². The molecule has 0 saturated heterocycles. The third-order valence-corrected chi connectivity index (χ3v) is 4.63. The van der Waals surface area contributed by atoms with E-state index in [1.165, 1.54) is 16.7 Å². The highest BCUT2D eigenvalue weighted by Gasteiger charge is 2.14. The Morgan fingerprint density at radius 3 is 2.75 bits per heavy atom. The summed E-state index contributed by atoms with van der Waals surface area (Å²) in [5, 5.41) is 2.79. The molecular formula is C21H18FN3O3. The Hall–Kier alpha value is -3.61. The highest BCUT2D eigenvalue weighted by Crippen LogP contribution is 2.17. The van der Waals surface area contributed by atoms with Crippen molar-refractivity contribution in [3.63, 3.8) is 0 Å². The van der Waals surface area contributed by atoms with Gasteiger partial charge in [0.1, 0.15) is 23.6 Å². The number of carbonyl (C=O) groups is 1. The van der Waals surface area contributed by atoms with E-state index in [4.69, 9.17) is 4.74 Å². The third kappa shape index (κ3) is 3.22. The lowest BCUT2D eigenvalue weighted by molar-refractivity contribution is -0.121. The second-order valence-corrected chi connectivity index (χ2v) is 6.42. The molecule has 4 aromatic rings. The first-order chi connectivity index (χ1) is 13.6. The van der Waals surface area contributed by atoms with E-state index in [9.17, 15) is 14.0 Å². The van der Waals surface area contributed by atoms with Gasteiger partial charge in [0, 0.05) is 12.7 Å². The van der Waals surface area contributed by atoms with Crippen LogP contribution in [0, 0.1) is 5.82 Å². The molecule has 0 bridgehead atoms. The Bertz CT molecular complexity index is 1240. The summed E-state index contributed by atoms with van der Waals surface area (Å²) in [5.41, 5.74) is 1.98. The predicted molar refractivity (Wildman–Crippen MR) is 104 cm³/mol. The number of rotatable bonds is 5. The van der Waals surface area contributed by atoms with Crippen LogP contribution in [-0.2, 0) is 17.9 Å².